The first kappa shape index (κ1) is 14.0. The van der Waals surface area contributed by atoms with E-state index in [0.29, 0.717) is 5.92 Å². The Morgan fingerprint density at radius 1 is 1.50 bits per heavy atom. The lowest BCUT2D eigenvalue weighted by atomic mass is 9.81. The summed E-state index contributed by atoms with van der Waals surface area (Å²) in [5.41, 5.74) is 1.46. The summed E-state index contributed by atoms with van der Waals surface area (Å²) in [7, 11) is 4.29. The molecule has 1 aromatic carbocycles. The molecule has 1 fully saturated rings. The predicted molar refractivity (Wildman–Crippen MR) is 81.0 cm³/mol. The number of benzene rings is 1. The summed E-state index contributed by atoms with van der Waals surface area (Å²) >= 11 is 3.59. The molecule has 3 heteroatoms. The van der Waals surface area contributed by atoms with Gasteiger partial charge in [0.15, 0.2) is 0 Å². The minimum atomic E-state index is 0.621. The standard InChI is InChI=1S/C15H23BrN2/c1-17-10-15(12-5-3-7-14(16)9-12)13-6-4-8-18(2)11-13/h3,5,7,9,13,15,17H,4,6,8,10-11H2,1-2H3. The van der Waals surface area contributed by atoms with Crippen LogP contribution in [0, 0.1) is 5.92 Å². The number of halogens is 1. The van der Waals surface area contributed by atoms with E-state index in [0.717, 1.165) is 12.5 Å². The first-order valence-corrected chi connectivity index (χ1v) is 7.58. The summed E-state index contributed by atoms with van der Waals surface area (Å²) in [5, 5.41) is 3.36. The molecular weight excluding hydrogens is 288 g/mol. The summed E-state index contributed by atoms with van der Waals surface area (Å²) < 4.78 is 1.19. The van der Waals surface area contributed by atoms with Crippen LogP contribution in [-0.4, -0.2) is 38.6 Å². The molecule has 2 rings (SSSR count). The third-order valence-corrected chi connectivity index (χ3v) is 4.42. The van der Waals surface area contributed by atoms with Crippen molar-refractivity contribution < 1.29 is 0 Å². The highest BCUT2D eigenvalue weighted by Gasteiger charge is 2.26. The first-order valence-electron chi connectivity index (χ1n) is 6.79. The molecule has 0 bridgehead atoms. The summed E-state index contributed by atoms with van der Waals surface area (Å²) in [6.45, 7) is 3.54. The minimum absolute atomic E-state index is 0.621. The Kier molecular flexibility index (Phi) is 5.22. The number of hydrogen-bond acceptors (Lipinski definition) is 2. The van der Waals surface area contributed by atoms with Crippen LogP contribution in [0.2, 0.25) is 0 Å². The fourth-order valence-corrected chi connectivity index (χ4v) is 3.47. The molecule has 1 aromatic rings. The van der Waals surface area contributed by atoms with Gasteiger partial charge < -0.3 is 10.2 Å². The molecule has 1 heterocycles. The SMILES string of the molecule is CNCC(c1cccc(Br)c1)C1CCCN(C)C1. The summed E-state index contributed by atoms with van der Waals surface area (Å²) in [5.74, 6) is 1.39. The van der Waals surface area contributed by atoms with Gasteiger partial charge in [0.05, 0.1) is 0 Å². The summed E-state index contributed by atoms with van der Waals surface area (Å²) in [4.78, 5) is 2.47. The predicted octanol–water partition coefficient (Wildman–Crippen LogP) is 3.09. The number of likely N-dealkylation sites (N-methyl/N-ethyl adjacent to an activating group) is 1. The van der Waals surface area contributed by atoms with Gasteiger partial charge in [-0.1, -0.05) is 28.1 Å². The maximum Gasteiger partial charge on any atom is 0.0178 e. The molecule has 2 unspecified atom stereocenters. The second kappa shape index (κ2) is 6.69. The number of likely N-dealkylation sites (tertiary alicyclic amines) is 1. The van der Waals surface area contributed by atoms with Crippen molar-refractivity contribution in [2.45, 2.75) is 18.8 Å². The molecule has 2 nitrogen and oxygen atoms in total. The van der Waals surface area contributed by atoms with Crippen LogP contribution >= 0.6 is 15.9 Å². The van der Waals surface area contributed by atoms with Crippen LogP contribution in [0.4, 0.5) is 0 Å². The summed E-state index contributed by atoms with van der Waals surface area (Å²) in [6.07, 6.45) is 2.68. The molecule has 0 aromatic heterocycles. The van der Waals surface area contributed by atoms with E-state index in [1.807, 2.05) is 0 Å². The largest absolute Gasteiger partial charge is 0.319 e. The average Bonchev–Trinajstić information content (AvgIpc) is 2.36. The fraction of sp³-hybridized carbons (Fsp3) is 0.600. The lowest BCUT2D eigenvalue weighted by molar-refractivity contribution is 0.186. The van der Waals surface area contributed by atoms with Crippen molar-refractivity contribution in [1.29, 1.82) is 0 Å². The Labute approximate surface area is 119 Å². The molecule has 1 saturated heterocycles. The topological polar surface area (TPSA) is 15.3 Å². The van der Waals surface area contributed by atoms with Crippen molar-refractivity contribution in [3.63, 3.8) is 0 Å². The van der Waals surface area contributed by atoms with E-state index in [9.17, 15) is 0 Å². The highest BCUT2D eigenvalue weighted by Crippen LogP contribution is 2.32. The quantitative estimate of drug-likeness (QED) is 0.919. The van der Waals surface area contributed by atoms with Gasteiger partial charge in [-0.2, -0.15) is 0 Å². The van der Waals surface area contributed by atoms with Gasteiger partial charge in [-0.3, -0.25) is 0 Å². The van der Waals surface area contributed by atoms with Crippen molar-refractivity contribution in [3.8, 4) is 0 Å². The maximum atomic E-state index is 3.59. The maximum absolute atomic E-state index is 3.59. The van der Waals surface area contributed by atoms with Crippen molar-refractivity contribution in [3.05, 3.63) is 34.3 Å². The van der Waals surface area contributed by atoms with Crippen LogP contribution in [0.5, 0.6) is 0 Å². The molecular formula is C15H23BrN2. The zero-order valence-corrected chi connectivity index (χ0v) is 12.9. The van der Waals surface area contributed by atoms with Crippen LogP contribution in [0.25, 0.3) is 0 Å². The van der Waals surface area contributed by atoms with Crippen LogP contribution in [-0.2, 0) is 0 Å². The van der Waals surface area contributed by atoms with Crippen molar-refractivity contribution in [2.24, 2.45) is 5.92 Å². The molecule has 1 aliphatic heterocycles. The van der Waals surface area contributed by atoms with Gasteiger partial charge in [0.1, 0.15) is 0 Å². The number of rotatable bonds is 4. The Morgan fingerprint density at radius 3 is 3.00 bits per heavy atom. The Balaban J connectivity index is 2.16. The Morgan fingerprint density at radius 2 is 2.33 bits per heavy atom. The molecule has 1 aliphatic rings. The second-order valence-electron chi connectivity index (χ2n) is 5.38. The zero-order chi connectivity index (χ0) is 13.0. The molecule has 0 aliphatic carbocycles. The molecule has 0 radical (unpaired) electrons. The van der Waals surface area contributed by atoms with E-state index >= 15 is 0 Å². The van der Waals surface area contributed by atoms with Crippen LogP contribution in [0.1, 0.15) is 24.3 Å². The number of hydrogen-bond donors (Lipinski definition) is 1. The molecule has 0 spiro atoms. The van der Waals surface area contributed by atoms with Gasteiger partial charge in [-0.05, 0) is 57.1 Å². The number of nitrogens with one attached hydrogen (secondary N) is 1. The van der Waals surface area contributed by atoms with Crippen molar-refractivity contribution in [1.82, 2.24) is 10.2 Å². The highest BCUT2D eigenvalue weighted by molar-refractivity contribution is 9.10. The van der Waals surface area contributed by atoms with Crippen LogP contribution in [0.3, 0.4) is 0 Å². The Bertz CT molecular complexity index is 381. The van der Waals surface area contributed by atoms with Crippen LogP contribution < -0.4 is 5.32 Å². The first-order chi connectivity index (χ1) is 8.70. The number of piperidine rings is 1. The van der Waals surface area contributed by atoms with E-state index < -0.39 is 0 Å². The minimum Gasteiger partial charge on any atom is -0.319 e. The van der Waals surface area contributed by atoms with Gasteiger partial charge in [0.25, 0.3) is 0 Å². The lowest BCUT2D eigenvalue weighted by Crippen LogP contribution is -2.37. The van der Waals surface area contributed by atoms with Gasteiger partial charge in [-0.15, -0.1) is 0 Å². The third kappa shape index (κ3) is 3.56. The van der Waals surface area contributed by atoms with E-state index in [1.165, 1.54) is 36.0 Å². The van der Waals surface area contributed by atoms with E-state index in [1.54, 1.807) is 0 Å². The molecule has 18 heavy (non-hydrogen) atoms. The molecule has 100 valence electrons. The van der Waals surface area contributed by atoms with Crippen molar-refractivity contribution in [2.75, 3.05) is 33.7 Å². The van der Waals surface area contributed by atoms with Crippen molar-refractivity contribution >= 4 is 15.9 Å². The Hall–Kier alpha value is -0.380. The second-order valence-corrected chi connectivity index (χ2v) is 6.30. The smallest absolute Gasteiger partial charge is 0.0178 e. The highest BCUT2D eigenvalue weighted by atomic mass is 79.9. The number of nitrogens with zero attached hydrogens (tertiary/aromatic N) is 1. The van der Waals surface area contributed by atoms with Crippen LogP contribution in [0.15, 0.2) is 28.7 Å². The normalized spacial score (nSPS) is 22.9. The van der Waals surface area contributed by atoms with Gasteiger partial charge in [-0.25, -0.2) is 0 Å². The van der Waals surface area contributed by atoms with E-state index in [4.69, 9.17) is 0 Å². The van der Waals surface area contributed by atoms with Gasteiger partial charge >= 0.3 is 0 Å². The van der Waals surface area contributed by atoms with E-state index in [2.05, 4.69) is 64.5 Å². The fourth-order valence-electron chi connectivity index (χ4n) is 3.05. The molecule has 1 N–H and O–H groups in total. The molecule has 0 amide bonds. The monoisotopic (exact) mass is 310 g/mol. The van der Waals surface area contributed by atoms with Gasteiger partial charge in [0, 0.05) is 23.5 Å². The molecule has 2 atom stereocenters. The van der Waals surface area contributed by atoms with E-state index in [-0.39, 0.29) is 0 Å². The third-order valence-electron chi connectivity index (χ3n) is 3.93. The molecule has 0 saturated carbocycles. The average molecular weight is 311 g/mol. The lowest BCUT2D eigenvalue weighted by Gasteiger charge is -2.35. The summed E-state index contributed by atoms with van der Waals surface area (Å²) in [6, 6.07) is 8.79. The van der Waals surface area contributed by atoms with Gasteiger partial charge in [0.2, 0.25) is 0 Å². The zero-order valence-electron chi connectivity index (χ0n) is 11.3.